The highest BCUT2D eigenvalue weighted by Gasteiger charge is 2.29. The van der Waals surface area contributed by atoms with Gasteiger partial charge in [-0.15, -0.1) is 0 Å². The van der Waals surface area contributed by atoms with Crippen molar-refractivity contribution in [1.82, 2.24) is 4.98 Å². The smallest absolute Gasteiger partial charge is 0.229 e. The summed E-state index contributed by atoms with van der Waals surface area (Å²) in [6.07, 6.45) is 1.36. The maximum Gasteiger partial charge on any atom is 0.229 e. The topological polar surface area (TPSA) is 53.4 Å². The SMILES string of the molecule is CC(C)(C)c1ccc(N2C[C@@H](O)CC2=O)cn1. The molecule has 17 heavy (non-hydrogen) atoms. The molecular formula is C13H18N2O2. The molecule has 4 heteroatoms. The zero-order valence-electron chi connectivity index (χ0n) is 10.5. The molecule has 1 aromatic heterocycles. The Morgan fingerprint density at radius 3 is 2.53 bits per heavy atom. The minimum atomic E-state index is -0.551. The molecule has 1 aliphatic heterocycles. The summed E-state index contributed by atoms with van der Waals surface area (Å²) < 4.78 is 0. The molecule has 0 saturated carbocycles. The van der Waals surface area contributed by atoms with Crippen molar-refractivity contribution in [2.24, 2.45) is 0 Å². The number of β-amino-alcohol motifs (C(OH)–C–C–N with tert-alkyl or cyclic N) is 1. The Balaban J connectivity index is 2.22. The van der Waals surface area contributed by atoms with Crippen LogP contribution in [0, 0.1) is 0 Å². The quantitative estimate of drug-likeness (QED) is 0.800. The number of aliphatic hydroxyl groups excluding tert-OH is 1. The highest BCUT2D eigenvalue weighted by atomic mass is 16.3. The Kier molecular flexibility index (Phi) is 2.91. The van der Waals surface area contributed by atoms with Gasteiger partial charge in [0.15, 0.2) is 0 Å². The highest BCUT2D eigenvalue weighted by Crippen LogP contribution is 2.24. The van der Waals surface area contributed by atoms with Crippen LogP contribution in [-0.4, -0.2) is 28.6 Å². The van der Waals surface area contributed by atoms with Crippen LogP contribution in [0.5, 0.6) is 0 Å². The lowest BCUT2D eigenvalue weighted by Gasteiger charge is -2.20. The molecule has 1 aliphatic rings. The van der Waals surface area contributed by atoms with Crippen molar-refractivity contribution in [3.63, 3.8) is 0 Å². The Morgan fingerprint density at radius 1 is 1.41 bits per heavy atom. The third kappa shape index (κ3) is 2.47. The summed E-state index contributed by atoms with van der Waals surface area (Å²) in [6, 6.07) is 3.83. The fourth-order valence-electron chi connectivity index (χ4n) is 1.93. The number of anilines is 1. The van der Waals surface area contributed by atoms with Crippen molar-refractivity contribution >= 4 is 11.6 Å². The number of hydrogen-bond acceptors (Lipinski definition) is 3. The molecule has 0 unspecified atom stereocenters. The van der Waals surface area contributed by atoms with Gasteiger partial charge in [-0.25, -0.2) is 0 Å². The maximum atomic E-state index is 11.6. The summed E-state index contributed by atoms with van der Waals surface area (Å²) in [5, 5.41) is 9.43. The highest BCUT2D eigenvalue weighted by molar-refractivity contribution is 5.95. The molecule has 1 aromatic rings. The van der Waals surface area contributed by atoms with Crippen LogP contribution < -0.4 is 4.90 Å². The second kappa shape index (κ2) is 4.11. The van der Waals surface area contributed by atoms with Gasteiger partial charge in [-0.05, 0) is 12.1 Å². The van der Waals surface area contributed by atoms with Crippen LogP contribution >= 0.6 is 0 Å². The van der Waals surface area contributed by atoms with E-state index in [0.29, 0.717) is 6.54 Å². The van der Waals surface area contributed by atoms with E-state index in [9.17, 15) is 9.90 Å². The van der Waals surface area contributed by atoms with E-state index in [-0.39, 0.29) is 17.7 Å². The fraction of sp³-hybridized carbons (Fsp3) is 0.538. The number of aliphatic hydroxyl groups is 1. The van der Waals surface area contributed by atoms with Gasteiger partial charge in [0.2, 0.25) is 5.91 Å². The molecule has 1 N–H and O–H groups in total. The molecule has 1 atom stereocenters. The van der Waals surface area contributed by atoms with Gasteiger partial charge in [-0.3, -0.25) is 9.78 Å². The molecular weight excluding hydrogens is 216 g/mol. The van der Waals surface area contributed by atoms with E-state index < -0.39 is 6.10 Å². The van der Waals surface area contributed by atoms with Crippen molar-refractivity contribution in [2.45, 2.75) is 38.7 Å². The van der Waals surface area contributed by atoms with Crippen LogP contribution in [0.1, 0.15) is 32.9 Å². The molecule has 1 fully saturated rings. The largest absolute Gasteiger partial charge is 0.391 e. The van der Waals surface area contributed by atoms with Crippen molar-refractivity contribution in [3.05, 3.63) is 24.0 Å². The molecule has 0 spiro atoms. The van der Waals surface area contributed by atoms with Gasteiger partial charge in [0, 0.05) is 11.1 Å². The molecule has 0 bridgehead atoms. The van der Waals surface area contributed by atoms with Crippen LogP contribution in [0.3, 0.4) is 0 Å². The summed E-state index contributed by atoms with van der Waals surface area (Å²) in [5.41, 5.74) is 1.76. The second-order valence-corrected chi connectivity index (χ2v) is 5.51. The number of nitrogens with zero attached hydrogens (tertiary/aromatic N) is 2. The number of amides is 1. The first-order valence-corrected chi connectivity index (χ1v) is 5.83. The number of carbonyl (C=O) groups excluding carboxylic acids is 1. The van der Waals surface area contributed by atoms with Crippen LogP contribution in [0.2, 0.25) is 0 Å². The van der Waals surface area contributed by atoms with E-state index in [2.05, 4.69) is 25.8 Å². The second-order valence-electron chi connectivity index (χ2n) is 5.51. The first-order chi connectivity index (χ1) is 7.88. The number of rotatable bonds is 1. The first-order valence-electron chi connectivity index (χ1n) is 5.83. The molecule has 0 radical (unpaired) electrons. The molecule has 0 aromatic carbocycles. The van der Waals surface area contributed by atoms with E-state index in [4.69, 9.17) is 0 Å². The van der Waals surface area contributed by atoms with E-state index >= 15 is 0 Å². The predicted octanol–water partition coefficient (Wildman–Crippen LogP) is 1.48. The normalized spacial score (nSPS) is 21.1. The molecule has 1 amide bonds. The number of pyridine rings is 1. The lowest BCUT2D eigenvalue weighted by molar-refractivity contribution is -0.117. The van der Waals surface area contributed by atoms with Gasteiger partial charge in [0.25, 0.3) is 0 Å². The fourth-order valence-corrected chi connectivity index (χ4v) is 1.93. The van der Waals surface area contributed by atoms with Crippen LogP contribution in [0.4, 0.5) is 5.69 Å². The van der Waals surface area contributed by atoms with E-state index in [1.54, 1.807) is 11.1 Å². The lowest BCUT2D eigenvalue weighted by atomic mass is 9.92. The van der Waals surface area contributed by atoms with Crippen molar-refractivity contribution in [3.8, 4) is 0 Å². The summed E-state index contributed by atoms with van der Waals surface area (Å²) >= 11 is 0. The van der Waals surface area contributed by atoms with Crippen molar-refractivity contribution in [1.29, 1.82) is 0 Å². The van der Waals surface area contributed by atoms with Crippen LogP contribution in [0.25, 0.3) is 0 Å². The summed E-state index contributed by atoms with van der Waals surface area (Å²) in [6.45, 7) is 6.66. The lowest BCUT2D eigenvalue weighted by Crippen LogP contribution is -2.25. The third-order valence-corrected chi connectivity index (χ3v) is 2.93. The van der Waals surface area contributed by atoms with Gasteiger partial charge in [0.1, 0.15) is 0 Å². The van der Waals surface area contributed by atoms with E-state index in [1.807, 2.05) is 12.1 Å². The molecule has 1 saturated heterocycles. The zero-order chi connectivity index (χ0) is 12.6. The summed E-state index contributed by atoms with van der Waals surface area (Å²) in [5.74, 6) is -0.0391. The number of aromatic nitrogens is 1. The Morgan fingerprint density at radius 2 is 2.12 bits per heavy atom. The van der Waals surface area contributed by atoms with Crippen molar-refractivity contribution in [2.75, 3.05) is 11.4 Å². The van der Waals surface area contributed by atoms with Gasteiger partial charge in [-0.1, -0.05) is 20.8 Å². The Hall–Kier alpha value is -1.42. The molecule has 2 rings (SSSR count). The summed E-state index contributed by atoms with van der Waals surface area (Å²) in [7, 11) is 0. The maximum absolute atomic E-state index is 11.6. The number of hydrogen-bond donors (Lipinski definition) is 1. The Bertz CT molecular complexity index is 420. The Labute approximate surface area is 101 Å². The van der Waals surface area contributed by atoms with Crippen molar-refractivity contribution < 1.29 is 9.90 Å². The average molecular weight is 234 g/mol. The van der Waals surface area contributed by atoms with Gasteiger partial charge < -0.3 is 10.0 Å². The predicted molar refractivity (Wildman–Crippen MR) is 65.9 cm³/mol. The number of carbonyl (C=O) groups is 1. The molecule has 4 nitrogen and oxygen atoms in total. The van der Waals surface area contributed by atoms with E-state index in [1.165, 1.54) is 0 Å². The zero-order valence-corrected chi connectivity index (χ0v) is 10.5. The standard InChI is InChI=1S/C13H18N2O2/c1-13(2,3)11-5-4-9(7-14-11)15-8-10(16)6-12(15)17/h4-5,7,10,16H,6,8H2,1-3H3/t10-/m0/s1. The third-order valence-electron chi connectivity index (χ3n) is 2.93. The molecule has 92 valence electrons. The average Bonchev–Trinajstić information content (AvgIpc) is 2.57. The minimum Gasteiger partial charge on any atom is -0.391 e. The van der Waals surface area contributed by atoms with Gasteiger partial charge in [0.05, 0.1) is 31.0 Å². The van der Waals surface area contributed by atoms with Gasteiger partial charge >= 0.3 is 0 Å². The molecule has 0 aliphatic carbocycles. The monoisotopic (exact) mass is 234 g/mol. The van der Waals surface area contributed by atoms with Gasteiger partial charge in [-0.2, -0.15) is 0 Å². The molecule has 2 heterocycles. The van der Waals surface area contributed by atoms with Crippen LogP contribution in [0.15, 0.2) is 18.3 Å². The minimum absolute atomic E-state index is 0.00701. The van der Waals surface area contributed by atoms with Crippen LogP contribution in [-0.2, 0) is 10.2 Å². The first kappa shape index (κ1) is 12.0. The van der Waals surface area contributed by atoms with E-state index in [0.717, 1.165) is 11.4 Å². The summed E-state index contributed by atoms with van der Waals surface area (Å²) in [4.78, 5) is 17.6.